The quantitative estimate of drug-likeness (QED) is 0.587. The summed E-state index contributed by atoms with van der Waals surface area (Å²) in [7, 11) is 0. The molecule has 2 saturated heterocycles. The van der Waals surface area contributed by atoms with Crippen molar-refractivity contribution in [3.05, 3.63) is 54.6 Å². The molecule has 2 aromatic rings. The lowest BCUT2D eigenvalue weighted by atomic mass is 10.1. The first-order valence-electron chi connectivity index (χ1n) is 10.2. The van der Waals surface area contributed by atoms with Gasteiger partial charge < -0.3 is 5.11 Å². The van der Waals surface area contributed by atoms with Gasteiger partial charge in [-0.3, -0.25) is 19.4 Å². The summed E-state index contributed by atoms with van der Waals surface area (Å²) in [6, 6.07) is 16.0. The van der Waals surface area contributed by atoms with Gasteiger partial charge in [0.2, 0.25) is 5.91 Å². The van der Waals surface area contributed by atoms with Gasteiger partial charge in [-0.2, -0.15) is 10.2 Å². The Hall–Kier alpha value is -2.94. The zero-order valence-corrected chi connectivity index (χ0v) is 16.7. The third-order valence-electron chi connectivity index (χ3n) is 5.53. The smallest absolute Gasteiger partial charge is 0.251 e. The number of benzene rings is 2. The van der Waals surface area contributed by atoms with Gasteiger partial charge in [0.05, 0.1) is 36.1 Å². The number of anilines is 1. The van der Waals surface area contributed by atoms with Crippen LogP contribution in [0.25, 0.3) is 0 Å². The number of amides is 2. The predicted molar refractivity (Wildman–Crippen MR) is 113 cm³/mol. The summed E-state index contributed by atoms with van der Waals surface area (Å²) < 4.78 is 0. The van der Waals surface area contributed by atoms with Crippen LogP contribution >= 0.6 is 0 Å². The first-order valence-corrected chi connectivity index (χ1v) is 10.2. The first kappa shape index (κ1) is 20.3. The van der Waals surface area contributed by atoms with Crippen LogP contribution in [0.2, 0.25) is 0 Å². The Morgan fingerprint density at radius 3 is 2.13 bits per heavy atom. The standard InChI is InChI=1S/C22H25N5O3/c28-15-14-25-10-12-26(13-11-25)20-16-21(29)27(22(20)30)19-8-6-18(7-9-19)24-23-17-4-2-1-3-5-17/h1-9,20,28H,10-16H2/t20-/m0/s1. The predicted octanol–water partition coefficient (Wildman–Crippen LogP) is 2.34. The van der Waals surface area contributed by atoms with Crippen molar-refractivity contribution in [2.24, 2.45) is 10.2 Å². The topological polar surface area (TPSA) is 88.8 Å². The number of aliphatic hydroxyl groups is 1. The van der Waals surface area contributed by atoms with Crippen LogP contribution in [0.5, 0.6) is 0 Å². The van der Waals surface area contributed by atoms with Crippen LogP contribution in [-0.4, -0.2) is 72.1 Å². The van der Waals surface area contributed by atoms with Gasteiger partial charge in [0.1, 0.15) is 0 Å². The average Bonchev–Trinajstić information content (AvgIpc) is 3.08. The molecule has 8 heteroatoms. The largest absolute Gasteiger partial charge is 0.395 e. The van der Waals surface area contributed by atoms with Gasteiger partial charge in [-0.25, -0.2) is 4.90 Å². The molecule has 2 aliphatic rings. The van der Waals surface area contributed by atoms with E-state index in [4.69, 9.17) is 5.11 Å². The normalized spacial score (nSPS) is 21.1. The molecule has 156 valence electrons. The molecule has 2 heterocycles. The molecule has 1 N–H and O–H groups in total. The van der Waals surface area contributed by atoms with Gasteiger partial charge in [0, 0.05) is 32.7 Å². The second kappa shape index (κ2) is 9.25. The van der Waals surface area contributed by atoms with E-state index in [-0.39, 0.29) is 24.8 Å². The number of hydrogen-bond acceptors (Lipinski definition) is 7. The van der Waals surface area contributed by atoms with E-state index in [1.54, 1.807) is 24.3 Å². The molecule has 1 atom stereocenters. The molecule has 0 bridgehead atoms. The van der Waals surface area contributed by atoms with Gasteiger partial charge in [0.15, 0.2) is 0 Å². The molecule has 2 aromatic carbocycles. The molecule has 0 spiro atoms. The number of β-amino-alcohol motifs (C(OH)–C–C–N with tert-alkyl or cyclic N) is 1. The van der Waals surface area contributed by atoms with E-state index in [2.05, 4.69) is 20.0 Å². The van der Waals surface area contributed by atoms with E-state index in [0.717, 1.165) is 31.9 Å². The number of hydrogen-bond donors (Lipinski definition) is 1. The van der Waals surface area contributed by atoms with Crippen molar-refractivity contribution in [2.75, 3.05) is 44.2 Å². The lowest BCUT2D eigenvalue weighted by Gasteiger charge is -2.36. The van der Waals surface area contributed by atoms with Gasteiger partial charge >= 0.3 is 0 Å². The Balaban J connectivity index is 1.41. The van der Waals surface area contributed by atoms with Crippen LogP contribution in [0.3, 0.4) is 0 Å². The summed E-state index contributed by atoms with van der Waals surface area (Å²) in [4.78, 5) is 31.1. The summed E-state index contributed by atoms with van der Waals surface area (Å²) in [5.41, 5.74) is 1.97. The number of carbonyl (C=O) groups excluding carboxylic acids is 2. The average molecular weight is 407 g/mol. The highest BCUT2D eigenvalue weighted by molar-refractivity contribution is 6.22. The molecule has 30 heavy (non-hydrogen) atoms. The third-order valence-corrected chi connectivity index (χ3v) is 5.53. The monoisotopic (exact) mass is 407 g/mol. The van der Waals surface area contributed by atoms with E-state index in [1.165, 1.54) is 4.90 Å². The lowest BCUT2D eigenvalue weighted by molar-refractivity contribution is -0.123. The van der Waals surface area contributed by atoms with E-state index in [0.29, 0.717) is 17.9 Å². The lowest BCUT2D eigenvalue weighted by Crippen LogP contribution is -2.52. The SMILES string of the molecule is O=C1C[C@H](N2CCN(CCO)CC2)C(=O)N1c1ccc(N=Nc2ccccc2)cc1. The maximum absolute atomic E-state index is 13.0. The van der Waals surface area contributed by atoms with Crippen molar-refractivity contribution in [1.29, 1.82) is 0 Å². The molecule has 2 aliphatic heterocycles. The fourth-order valence-corrected chi connectivity index (χ4v) is 3.89. The highest BCUT2D eigenvalue weighted by Crippen LogP contribution is 2.28. The minimum atomic E-state index is -0.411. The van der Waals surface area contributed by atoms with Crippen LogP contribution in [-0.2, 0) is 9.59 Å². The molecule has 4 rings (SSSR count). The minimum Gasteiger partial charge on any atom is -0.395 e. The van der Waals surface area contributed by atoms with Crippen LogP contribution < -0.4 is 4.90 Å². The summed E-state index contributed by atoms with van der Waals surface area (Å²) in [5.74, 6) is -0.351. The number of carbonyl (C=O) groups is 2. The zero-order valence-electron chi connectivity index (χ0n) is 16.7. The summed E-state index contributed by atoms with van der Waals surface area (Å²) in [6.45, 7) is 3.80. The molecular formula is C22H25N5O3. The fraction of sp³-hybridized carbons (Fsp3) is 0.364. The van der Waals surface area contributed by atoms with Crippen molar-refractivity contribution in [3.8, 4) is 0 Å². The molecule has 0 unspecified atom stereocenters. The van der Waals surface area contributed by atoms with E-state index in [9.17, 15) is 9.59 Å². The number of piperazine rings is 1. The Morgan fingerprint density at radius 2 is 1.50 bits per heavy atom. The highest BCUT2D eigenvalue weighted by atomic mass is 16.3. The van der Waals surface area contributed by atoms with Gasteiger partial charge in [0.25, 0.3) is 5.91 Å². The first-order chi connectivity index (χ1) is 14.7. The van der Waals surface area contributed by atoms with Crippen molar-refractivity contribution in [3.63, 3.8) is 0 Å². The molecular weight excluding hydrogens is 382 g/mol. The van der Waals surface area contributed by atoms with E-state index in [1.807, 2.05) is 30.3 Å². The van der Waals surface area contributed by atoms with Crippen molar-refractivity contribution < 1.29 is 14.7 Å². The summed E-state index contributed by atoms with van der Waals surface area (Å²) >= 11 is 0. The Labute approximate surface area is 175 Å². The van der Waals surface area contributed by atoms with Crippen molar-refractivity contribution >= 4 is 28.9 Å². The second-order valence-electron chi connectivity index (χ2n) is 7.44. The minimum absolute atomic E-state index is 0.134. The maximum Gasteiger partial charge on any atom is 0.251 e. The Morgan fingerprint density at radius 1 is 0.867 bits per heavy atom. The summed E-state index contributed by atoms with van der Waals surface area (Å²) in [5, 5.41) is 17.4. The Kier molecular flexibility index (Phi) is 6.27. The number of nitrogens with zero attached hydrogens (tertiary/aromatic N) is 5. The second-order valence-corrected chi connectivity index (χ2v) is 7.44. The molecule has 0 saturated carbocycles. The van der Waals surface area contributed by atoms with Gasteiger partial charge in [-0.15, -0.1) is 0 Å². The number of imide groups is 1. The van der Waals surface area contributed by atoms with E-state index < -0.39 is 6.04 Å². The van der Waals surface area contributed by atoms with Crippen molar-refractivity contribution in [1.82, 2.24) is 9.80 Å². The van der Waals surface area contributed by atoms with Crippen LogP contribution in [0, 0.1) is 0 Å². The van der Waals surface area contributed by atoms with E-state index >= 15 is 0 Å². The highest BCUT2D eigenvalue weighted by Gasteiger charge is 2.43. The van der Waals surface area contributed by atoms with Gasteiger partial charge in [-0.1, -0.05) is 18.2 Å². The number of aliphatic hydroxyl groups excluding tert-OH is 1. The molecule has 2 amide bonds. The molecule has 0 aromatic heterocycles. The Bertz CT molecular complexity index is 908. The number of rotatable bonds is 6. The third kappa shape index (κ3) is 4.46. The van der Waals surface area contributed by atoms with Crippen LogP contribution in [0.1, 0.15) is 6.42 Å². The maximum atomic E-state index is 13.0. The van der Waals surface area contributed by atoms with Crippen LogP contribution in [0.4, 0.5) is 17.1 Å². The van der Waals surface area contributed by atoms with Gasteiger partial charge in [-0.05, 0) is 36.4 Å². The fourth-order valence-electron chi connectivity index (χ4n) is 3.89. The molecule has 8 nitrogen and oxygen atoms in total. The zero-order chi connectivity index (χ0) is 20.9. The molecule has 2 fully saturated rings. The number of azo groups is 1. The van der Waals surface area contributed by atoms with Crippen molar-refractivity contribution in [2.45, 2.75) is 12.5 Å². The van der Waals surface area contributed by atoms with Crippen LogP contribution in [0.15, 0.2) is 64.8 Å². The summed E-state index contributed by atoms with van der Waals surface area (Å²) in [6.07, 6.45) is 0.203. The molecule has 0 radical (unpaired) electrons. The molecule has 0 aliphatic carbocycles.